The fraction of sp³-hybridized carbons (Fsp3) is 1.00. The van der Waals surface area contributed by atoms with E-state index in [1.165, 1.54) is 37.2 Å². The predicted molar refractivity (Wildman–Crippen MR) is 71.6 cm³/mol. The van der Waals surface area contributed by atoms with Crippen LogP contribution in [0.15, 0.2) is 0 Å². The third kappa shape index (κ3) is 5.82. The fourth-order valence-corrected chi connectivity index (χ4v) is 3.22. The standard InChI is InChI=1S/C13H27NS/c1-4-14-13(8-12-6-5-7-12)10-15-9-11(2)3/h11-14H,4-10H2,1-3H3. The number of nitrogens with one attached hydrogen (secondary N) is 1. The zero-order valence-electron chi connectivity index (χ0n) is 10.6. The molecule has 1 aliphatic carbocycles. The minimum absolute atomic E-state index is 0.768. The van der Waals surface area contributed by atoms with E-state index in [-0.39, 0.29) is 0 Å². The maximum absolute atomic E-state index is 3.63. The van der Waals surface area contributed by atoms with Gasteiger partial charge < -0.3 is 5.32 Å². The molecule has 90 valence electrons. The highest BCUT2D eigenvalue weighted by atomic mass is 32.2. The Hall–Kier alpha value is 0.310. The Morgan fingerprint density at radius 2 is 2.00 bits per heavy atom. The Morgan fingerprint density at radius 3 is 2.47 bits per heavy atom. The summed E-state index contributed by atoms with van der Waals surface area (Å²) in [5.74, 6) is 4.49. The average Bonchev–Trinajstić information content (AvgIpc) is 2.10. The number of hydrogen-bond donors (Lipinski definition) is 1. The van der Waals surface area contributed by atoms with Crippen molar-refractivity contribution in [1.29, 1.82) is 0 Å². The van der Waals surface area contributed by atoms with Crippen LogP contribution in [0.2, 0.25) is 0 Å². The molecule has 0 radical (unpaired) electrons. The van der Waals surface area contributed by atoms with Gasteiger partial charge in [-0.15, -0.1) is 0 Å². The predicted octanol–water partition coefficient (Wildman–Crippen LogP) is 3.54. The van der Waals surface area contributed by atoms with Crippen LogP contribution in [-0.2, 0) is 0 Å². The van der Waals surface area contributed by atoms with E-state index < -0.39 is 0 Å². The topological polar surface area (TPSA) is 12.0 Å². The molecule has 1 atom stereocenters. The van der Waals surface area contributed by atoms with E-state index in [1.54, 1.807) is 0 Å². The Kier molecular flexibility index (Phi) is 6.74. The summed E-state index contributed by atoms with van der Waals surface area (Å²) in [4.78, 5) is 0. The van der Waals surface area contributed by atoms with Crippen LogP contribution >= 0.6 is 11.8 Å². The fourth-order valence-electron chi connectivity index (χ4n) is 2.08. The molecule has 0 heterocycles. The van der Waals surface area contributed by atoms with Crippen LogP contribution < -0.4 is 5.32 Å². The third-order valence-electron chi connectivity index (χ3n) is 3.11. The Morgan fingerprint density at radius 1 is 1.27 bits per heavy atom. The molecule has 15 heavy (non-hydrogen) atoms. The molecule has 1 fully saturated rings. The van der Waals surface area contributed by atoms with Gasteiger partial charge in [0.1, 0.15) is 0 Å². The first-order chi connectivity index (χ1) is 7.22. The SMILES string of the molecule is CCNC(CSCC(C)C)CC1CCC1. The van der Waals surface area contributed by atoms with Crippen LogP contribution in [0.5, 0.6) is 0 Å². The molecule has 0 amide bonds. The van der Waals surface area contributed by atoms with Gasteiger partial charge in [-0.05, 0) is 30.6 Å². The highest BCUT2D eigenvalue weighted by molar-refractivity contribution is 7.99. The van der Waals surface area contributed by atoms with Crippen LogP contribution in [0.3, 0.4) is 0 Å². The normalized spacial score (nSPS) is 19.2. The lowest BCUT2D eigenvalue weighted by molar-refractivity contribution is 0.269. The van der Waals surface area contributed by atoms with E-state index in [2.05, 4.69) is 37.8 Å². The summed E-state index contributed by atoms with van der Waals surface area (Å²) in [7, 11) is 0. The maximum atomic E-state index is 3.63. The van der Waals surface area contributed by atoms with Gasteiger partial charge in [0, 0.05) is 11.8 Å². The molecule has 1 aliphatic rings. The highest BCUT2D eigenvalue weighted by Crippen LogP contribution is 2.31. The second-order valence-electron chi connectivity index (χ2n) is 5.22. The van der Waals surface area contributed by atoms with E-state index in [0.717, 1.165) is 24.4 Å². The van der Waals surface area contributed by atoms with Crippen LogP contribution in [0.4, 0.5) is 0 Å². The Bertz CT molecular complexity index is 155. The zero-order valence-corrected chi connectivity index (χ0v) is 11.4. The quantitative estimate of drug-likeness (QED) is 0.683. The van der Waals surface area contributed by atoms with Gasteiger partial charge in [-0.3, -0.25) is 0 Å². The van der Waals surface area contributed by atoms with Crippen LogP contribution in [-0.4, -0.2) is 24.1 Å². The molecular weight excluding hydrogens is 202 g/mol. The van der Waals surface area contributed by atoms with E-state index in [9.17, 15) is 0 Å². The maximum Gasteiger partial charge on any atom is 0.0160 e. The molecule has 0 spiro atoms. The van der Waals surface area contributed by atoms with Crippen molar-refractivity contribution < 1.29 is 0 Å². The van der Waals surface area contributed by atoms with Gasteiger partial charge in [0.25, 0.3) is 0 Å². The van der Waals surface area contributed by atoms with Gasteiger partial charge in [-0.1, -0.05) is 40.0 Å². The molecule has 1 nitrogen and oxygen atoms in total. The summed E-state index contributed by atoms with van der Waals surface area (Å²) in [6.07, 6.45) is 5.86. The lowest BCUT2D eigenvalue weighted by Crippen LogP contribution is -2.34. The van der Waals surface area contributed by atoms with Crippen LogP contribution in [0, 0.1) is 11.8 Å². The van der Waals surface area contributed by atoms with Gasteiger partial charge in [0.15, 0.2) is 0 Å². The summed E-state index contributed by atoms with van der Waals surface area (Å²) < 4.78 is 0. The van der Waals surface area contributed by atoms with Gasteiger partial charge in [0.2, 0.25) is 0 Å². The van der Waals surface area contributed by atoms with Gasteiger partial charge in [-0.2, -0.15) is 11.8 Å². The van der Waals surface area contributed by atoms with Crippen molar-refractivity contribution in [2.45, 2.75) is 52.5 Å². The lowest BCUT2D eigenvalue weighted by Gasteiger charge is -2.30. The first-order valence-electron chi connectivity index (χ1n) is 6.53. The van der Waals surface area contributed by atoms with Crippen molar-refractivity contribution >= 4 is 11.8 Å². The molecular formula is C13H27NS. The van der Waals surface area contributed by atoms with Gasteiger partial charge >= 0.3 is 0 Å². The minimum atomic E-state index is 0.768. The molecule has 1 rings (SSSR count). The van der Waals surface area contributed by atoms with Crippen LogP contribution in [0.25, 0.3) is 0 Å². The highest BCUT2D eigenvalue weighted by Gasteiger charge is 2.21. The first-order valence-corrected chi connectivity index (χ1v) is 7.69. The minimum Gasteiger partial charge on any atom is -0.313 e. The molecule has 0 aromatic rings. The van der Waals surface area contributed by atoms with Gasteiger partial charge in [0.05, 0.1) is 0 Å². The molecule has 0 saturated heterocycles. The summed E-state index contributed by atoms with van der Waals surface area (Å²) in [5, 5.41) is 3.63. The summed E-state index contributed by atoms with van der Waals surface area (Å²) in [6, 6.07) is 0.768. The van der Waals surface area contributed by atoms with E-state index in [1.807, 2.05) is 0 Å². The van der Waals surface area contributed by atoms with E-state index in [0.29, 0.717) is 0 Å². The first kappa shape index (κ1) is 13.4. The van der Waals surface area contributed by atoms with Crippen molar-refractivity contribution in [3.05, 3.63) is 0 Å². The van der Waals surface area contributed by atoms with Crippen molar-refractivity contribution in [3.8, 4) is 0 Å². The molecule has 1 N–H and O–H groups in total. The lowest BCUT2D eigenvalue weighted by atomic mass is 9.81. The van der Waals surface area contributed by atoms with Crippen molar-refractivity contribution in [2.24, 2.45) is 11.8 Å². The molecule has 0 aliphatic heterocycles. The van der Waals surface area contributed by atoms with Crippen molar-refractivity contribution in [3.63, 3.8) is 0 Å². The largest absolute Gasteiger partial charge is 0.313 e. The number of rotatable bonds is 8. The summed E-state index contributed by atoms with van der Waals surface area (Å²) in [5.41, 5.74) is 0. The van der Waals surface area contributed by atoms with Crippen molar-refractivity contribution in [2.75, 3.05) is 18.1 Å². The smallest absolute Gasteiger partial charge is 0.0160 e. The second-order valence-corrected chi connectivity index (χ2v) is 6.29. The molecule has 2 heteroatoms. The van der Waals surface area contributed by atoms with Crippen LogP contribution in [0.1, 0.15) is 46.5 Å². The molecule has 0 bridgehead atoms. The summed E-state index contributed by atoms with van der Waals surface area (Å²) >= 11 is 2.12. The monoisotopic (exact) mass is 229 g/mol. The second kappa shape index (κ2) is 7.56. The molecule has 1 saturated carbocycles. The molecule has 0 aromatic carbocycles. The van der Waals surface area contributed by atoms with Crippen molar-refractivity contribution in [1.82, 2.24) is 5.32 Å². The third-order valence-corrected chi connectivity index (χ3v) is 4.65. The van der Waals surface area contributed by atoms with E-state index in [4.69, 9.17) is 0 Å². The summed E-state index contributed by atoms with van der Waals surface area (Å²) in [6.45, 7) is 7.96. The molecule has 1 unspecified atom stereocenters. The molecule has 0 aromatic heterocycles. The average molecular weight is 229 g/mol. The Labute approximate surface area is 99.8 Å². The number of hydrogen-bond acceptors (Lipinski definition) is 2. The van der Waals surface area contributed by atoms with Gasteiger partial charge in [-0.25, -0.2) is 0 Å². The number of thioether (sulfide) groups is 1. The van der Waals surface area contributed by atoms with E-state index >= 15 is 0 Å². The Balaban J connectivity index is 2.11. The zero-order chi connectivity index (χ0) is 11.1.